The van der Waals surface area contributed by atoms with Gasteiger partial charge in [0.25, 0.3) is 5.17 Å². The van der Waals surface area contributed by atoms with E-state index in [1.807, 2.05) is 25.1 Å². The molecule has 1 aromatic carbocycles. The van der Waals surface area contributed by atoms with Gasteiger partial charge in [-0.2, -0.15) is 0 Å². The van der Waals surface area contributed by atoms with Crippen molar-refractivity contribution in [1.82, 2.24) is 4.90 Å². The largest absolute Gasteiger partial charge is 0.468 e. The van der Waals surface area contributed by atoms with E-state index in [-0.39, 0.29) is 17.9 Å². The highest BCUT2D eigenvalue weighted by Crippen LogP contribution is 2.22. The van der Waals surface area contributed by atoms with Gasteiger partial charge in [0.05, 0.1) is 6.04 Å². The third-order valence-electron chi connectivity index (χ3n) is 5.17. The van der Waals surface area contributed by atoms with Crippen molar-refractivity contribution in [2.45, 2.75) is 77.7 Å². The fourth-order valence-electron chi connectivity index (χ4n) is 3.54. The lowest BCUT2D eigenvalue weighted by atomic mass is 9.99. The molecule has 0 radical (unpaired) electrons. The zero-order valence-corrected chi connectivity index (χ0v) is 17.1. The van der Waals surface area contributed by atoms with E-state index in [0.717, 1.165) is 19.3 Å². The molecule has 26 heavy (non-hydrogen) atoms. The number of nitrogens with zero attached hydrogens (tertiary/aromatic N) is 1. The summed E-state index contributed by atoms with van der Waals surface area (Å²) in [4.78, 5) is 14.7. The highest BCUT2D eigenvalue weighted by atomic mass is 32.1. The predicted octanol–water partition coefficient (Wildman–Crippen LogP) is 5.52. The highest BCUT2D eigenvalue weighted by Gasteiger charge is 2.36. The molecule has 0 unspecified atom stereocenters. The average Bonchev–Trinajstić information content (AvgIpc) is 3.01. The maximum atomic E-state index is 12.9. The van der Waals surface area contributed by atoms with E-state index in [9.17, 15) is 4.79 Å². The van der Waals surface area contributed by atoms with Gasteiger partial charge in [0, 0.05) is 5.92 Å². The van der Waals surface area contributed by atoms with Gasteiger partial charge in [-0.25, -0.2) is 0 Å². The number of hydrogen-bond acceptors (Lipinski definition) is 3. The number of carbonyl (C=O) groups excluding carboxylic acids is 1. The summed E-state index contributed by atoms with van der Waals surface area (Å²) in [5.41, 5.74) is 1.21. The zero-order valence-electron chi connectivity index (χ0n) is 16.3. The summed E-state index contributed by atoms with van der Waals surface area (Å²) in [6, 6.07) is 10.3. The Morgan fingerprint density at radius 1 is 1.15 bits per heavy atom. The Kier molecular flexibility index (Phi) is 9.10. The molecule has 2 rings (SSSR count). The first-order valence-electron chi connectivity index (χ1n) is 10.2. The van der Waals surface area contributed by atoms with Crippen molar-refractivity contribution < 1.29 is 9.53 Å². The monoisotopic (exact) mass is 375 g/mol. The number of hydrogen-bond donors (Lipinski definition) is 0. The van der Waals surface area contributed by atoms with Crippen LogP contribution in [0.25, 0.3) is 0 Å². The molecule has 4 heteroatoms. The van der Waals surface area contributed by atoms with Crippen molar-refractivity contribution in [2.24, 2.45) is 5.92 Å². The van der Waals surface area contributed by atoms with Crippen molar-refractivity contribution in [1.29, 1.82) is 0 Å². The minimum Gasteiger partial charge on any atom is -0.468 e. The lowest BCUT2D eigenvalue weighted by molar-refractivity contribution is -0.132. The van der Waals surface area contributed by atoms with E-state index >= 15 is 0 Å². The molecule has 1 fully saturated rings. The van der Waals surface area contributed by atoms with Gasteiger partial charge in [0.2, 0.25) is 5.91 Å². The molecule has 0 spiro atoms. The summed E-state index contributed by atoms with van der Waals surface area (Å²) in [7, 11) is 0. The van der Waals surface area contributed by atoms with Crippen LogP contribution in [0.1, 0.15) is 70.8 Å². The van der Waals surface area contributed by atoms with Crippen LogP contribution in [0.15, 0.2) is 30.3 Å². The molecule has 1 aliphatic rings. The predicted molar refractivity (Wildman–Crippen MR) is 111 cm³/mol. The Bertz CT molecular complexity index is 561. The average molecular weight is 376 g/mol. The van der Waals surface area contributed by atoms with Gasteiger partial charge in [-0.3, -0.25) is 9.69 Å². The Balaban J connectivity index is 1.78. The molecule has 1 saturated heterocycles. The molecule has 2 atom stereocenters. The second-order valence-electron chi connectivity index (χ2n) is 7.44. The van der Waals surface area contributed by atoms with Gasteiger partial charge < -0.3 is 4.74 Å². The van der Waals surface area contributed by atoms with Crippen LogP contribution in [0.2, 0.25) is 0 Å². The Labute approximate surface area is 164 Å². The zero-order chi connectivity index (χ0) is 18.8. The first-order valence-corrected chi connectivity index (χ1v) is 10.6. The van der Waals surface area contributed by atoms with Crippen LogP contribution in [0, 0.1) is 5.92 Å². The number of thiocarbonyl (C=S) groups is 1. The number of ether oxygens (including phenoxy) is 1. The number of carbonyl (C=O) groups is 1. The first kappa shape index (κ1) is 20.9. The topological polar surface area (TPSA) is 29.5 Å². The molecule has 1 heterocycles. The van der Waals surface area contributed by atoms with Crippen molar-refractivity contribution in [2.75, 3.05) is 6.61 Å². The lowest BCUT2D eigenvalue weighted by Crippen LogP contribution is -2.42. The molecule has 1 amide bonds. The normalized spacial score (nSPS) is 18.0. The van der Waals surface area contributed by atoms with E-state index in [1.54, 1.807) is 4.90 Å². The number of amides is 1. The molecular formula is C22H33NO2S. The third-order valence-corrected chi connectivity index (χ3v) is 5.49. The molecule has 144 valence electrons. The van der Waals surface area contributed by atoms with Gasteiger partial charge >= 0.3 is 0 Å². The quantitative estimate of drug-likeness (QED) is 0.377. The molecule has 0 N–H and O–H groups in total. The minimum atomic E-state index is 0.00330. The summed E-state index contributed by atoms with van der Waals surface area (Å²) in [6.45, 7) is 4.77. The van der Waals surface area contributed by atoms with Crippen molar-refractivity contribution in [3.63, 3.8) is 0 Å². The van der Waals surface area contributed by atoms with Crippen LogP contribution in [0.5, 0.6) is 0 Å². The Morgan fingerprint density at radius 3 is 2.50 bits per heavy atom. The van der Waals surface area contributed by atoms with E-state index in [2.05, 4.69) is 19.1 Å². The van der Waals surface area contributed by atoms with Crippen LogP contribution in [-0.4, -0.2) is 28.6 Å². The summed E-state index contributed by atoms with van der Waals surface area (Å²) >= 11 is 5.31. The SMILES string of the molecule is CCCCCCCCC[C@@H](C)C(=O)N1C(=S)OC[C@H]1Cc1ccccc1. The lowest BCUT2D eigenvalue weighted by Gasteiger charge is -2.24. The Morgan fingerprint density at radius 2 is 1.81 bits per heavy atom. The van der Waals surface area contributed by atoms with Crippen molar-refractivity contribution in [3.8, 4) is 0 Å². The van der Waals surface area contributed by atoms with Crippen LogP contribution in [-0.2, 0) is 16.0 Å². The molecule has 1 aromatic rings. The number of benzene rings is 1. The molecule has 0 saturated carbocycles. The van der Waals surface area contributed by atoms with Crippen LogP contribution in [0.4, 0.5) is 0 Å². The smallest absolute Gasteiger partial charge is 0.266 e. The second-order valence-corrected chi connectivity index (χ2v) is 7.79. The van der Waals surface area contributed by atoms with E-state index < -0.39 is 0 Å². The molecule has 0 aliphatic carbocycles. The fourth-order valence-corrected chi connectivity index (χ4v) is 3.84. The summed E-state index contributed by atoms with van der Waals surface area (Å²) in [6.07, 6.45) is 10.6. The van der Waals surface area contributed by atoms with Gasteiger partial charge in [0.15, 0.2) is 0 Å². The fraction of sp³-hybridized carbons (Fsp3) is 0.636. The van der Waals surface area contributed by atoms with Crippen molar-refractivity contribution >= 4 is 23.3 Å². The van der Waals surface area contributed by atoms with E-state index in [1.165, 1.54) is 44.1 Å². The second kappa shape index (κ2) is 11.3. The molecule has 3 nitrogen and oxygen atoms in total. The molecule has 0 bridgehead atoms. The summed E-state index contributed by atoms with van der Waals surface area (Å²) in [5.74, 6) is 0.128. The minimum absolute atomic E-state index is 0.00330. The van der Waals surface area contributed by atoms with Crippen LogP contribution in [0.3, 0.4) is 0 Å². The van der Waals surface area contributed by atoms with Crippen LogP contribution >= 0.6 is 12.2 Å². The van der Waals surface area contributed by atoms with E-state index in [0.29, 0.717) is 11.8 Å². The molecule has 1 aliphatic heterocycles. The van der Waals surface area contributed by atoms with Gasteiger partial charge in [-0.15, -0.1) is 0 Å². The summed E-state index contributed by atoms with van der Waals surface area (Å²) < 4.78 is 5.54. The number of unbranched alkanes of at least 4 members (excludes halogenated alkanes) is 6. The number of rotatable bonds is 11. The van der Waals surface area contributed by atoms with Crippen molar-refractivity contribution in [3.05, 3.63) is 35.9 Å². The van der Waals surface area contributed by atoms with Crippen LogP contribution < -0.4 is 0 Å². The van der Waals surface area contributed by atoms with Gasteiger partial charge in [-0.05, 0) is 30.6 Å². The first-order chi connectivity index (χ1) is 12.6. The maximum absolute atomic E-state index is 12.9. The molecule has 0 aromatic heterocycles. The highest BCUT2D eigenvalue weighted by molar-refractivity contribution is 7.80. The standard InChI is InChI=1S/C22H33NO2S/c1-3-4-5-6-7-8-10-13-18(2)21(24)23-20(17-25-22(23)26)16-19-14-11-9-12-15-19/h9,11-12,14-15,18,20H,3-8,10,13,16-17H2,1-2H3/t18-,20-/m1/s1. The Hall–Kier alpha value is -1.42. The molecular weight excluding hydrogens is 342 g/mol. The van der Waals surface area contributed by atoms with E-state index in [4.69, 9.17) is 17.0 Å². The maximum Gasteiger partial charge on any atom is 0.266 e. The van der Waals surface area contributed by atoms with Gasteiger partial charge in [-0.1, -0.05) is 89.1 Å². The third kappa shape index (κ3) is 6.39. The summed E-state index contributed by atoms with van der Waals surface area (Å²) in [5, 5.41) is 0.349. The van der Waals surface area contributed by atoms with Gasteiger partial charge in [0.1, 0.15) is 6.61 Å².